The standard InChI is InChI=1S/C17H25NO/c1-12-7-8-15(13(2)10-12)16(19)17(3,4)14-6-5-9-18-11-14/h7-8,10,14,18H,5-6,9,11H2,1-4H3. The lowest BCUT2D eigenvalue weighted by molar-refractivity contribution is 0.0707. The summed E-state index contributed by atoms with van der Waals surface area (Å²) in [5.41, 5.74) is 2.92. The van der Waals surface area contributed by atoms with Crippen LogP contribution in [0.3, 0.4) is 0 Å². The number of piperidine rings is 1. The molecule has 0 radical (unpaired) electrons. The summed E-state index contributed by atoms with van der Waals surface area (Å²) in [7, 11) is 0. The van der Waals surface area contributed by atoms with E-state index in [1.807, 2.05) is 19.1 Å². The molecule has 1 aliphatic heterocycles. The smallest absolute Gasteiger partial charge is 0.169 e. The summed E-state index contributed by atoms with van der Waals surface area (Å²) < 4.78 is 0. The molecule has 0 spiro atoms. The topological polar surface area (TPSA) is 29.1 Å². The Balaban J connectivity index is 2.26. The fourth-order valence-electron chi connectivity index (χ4n) is 3.07. The average Bonchev–Trinajstić information content (AvgIpc) is 2.39. The van der Waals surface area contributed by atoms with Crippen LogP contribution in [0.15, 0.2) is 18.2 Å². The Labute approximate surface area is 116 Å². The molecule has 1 aliphatic rings. The Kier molecular flexibility index (Phi) is 4.10. The van der Waals surface area contributed by atoms with Crippen LogP contribution in [0.1, 0.15) is 48.2 Å². The van der Waals surface area contributed by atoms with Crippen molar-refractivity contribution in [1.82, 2.24) is 5.32 Å². The van der Waals surface area contributed by atoms with Crippen LogP contribution in [0, 0.1) is 25.2 Å². The molecule has 1 N–H and O–H groups in total. The molecule has 0 aromatic heterocycles. The van der Waals surface area contributed by atoms with Crippen molar-refractivity contribution in [2.24, 2.45) is 11.3 Å². The van der Waals surface area contributed by atoms with Gasteiger partial charge in [-0.1, -0.05) is 37.6 Å². The molecule has 104 valence electrons. The second-order valence-electron chi connectivity index (χ2n) is 6.41. The van der Waals surface area contributed by atoms with Crippen LogP contribution in [0.25, 0.3) is 0 Å². The summed E-state index contributed by atoms with van der Waals surface area (Å²) in [5, 5.41) is 3.42. The molecule has 0 aliphatic carbocycles. The first-order valence-electron chi connectivity index (χ1n) is 7.25. The zero-order valence-electron chi connectivity index (χ0n) is 12.5. The Morgan fingerprint density at radius 2 is 2.05 bits per heavy atom. The van der Waals surface area contributed by atoms with Crippen molar-refractivity contribution in [3.63, 3.8) is 0 Å². The summed E-state index contributed by atoms with van der Waals surface area (Å²) in [4.78, 5) is 12.9. The molecule has 1 unspecified atom stereocenters. The van der Waals surface area contributed by atoms with Crippen molar-refractivity contribution < 1.29 is 4.79 Å². The second kappa shape index (κ2) is 5.46. The van der Waals surface area contributed by atoms with Crippen LogP contribution >= 0.6 is 0 Å². The molecule has 1 saturated heterocycles. The number of carbonyl (C=O) groups is 1. The van der Waals surface area contributed by atoms with Gasteiger partial charge in [0.1, 0.15) is 0 Å². The summed E-state index contributed by atoms with van der Waals surface area (Å²) >= 11 is 0. The van der Waals surface area contributed by atoms with E-state index in [1.54, 1.807) is 0 Å². The average molecular weight is 259 g/mol. The largest absolute Gasteiger partial charge is 0.316 e. The number of aryl methyl sites for hydroxylation is 2. The number of nitrogens with one attached hydrogen (secondary N) is 1. The molecular formula is C17H25NO. The van der Waals surface area contributed by atoms with Gasteiger partial charge in [0.05, 0.1) is 0 Å². The molecule has 1 heterocycles. The van der Waals surface area contributed by atoms with Crippen LogP contribution in [0.5, 0.6) is 0 Å². The first-order valence-corrected chi connectivity index (χ1v) is 7.25. The Morgan fingerprint density at radius 3 is 2.63 bits per heavy atom. The van der Waals surface area contributed by atoms with Gasteiger partial charge in [0.15, 0.2) is 5.78 Å². The highest BCUT2D eigenvalue weighted by Crippen LogP contribution is 2.35. The van der Waals surface area contributed by atoms with Crippen LogP contribution in [0.2, 0.25) is 0 Å². The number of rotatable bonds is 3. The lowest BCUT2D eigenvalue weighted by Gasteiger charge is -2.36. The third-order valence-corrected chi connectivity index (χ3v) is 4.53. The van der Waals surface area contributed by atoms with E-state index in [9.17, 15) is 4.79 Å². The van der Waals surface area contributed by atoms with E-state index in [0.717, 1.165) is 30.6 Å². The zero-order chi connectivity index (χ0) is 14.0. The minimum Gasteiger partial charge on any atom is -0.316 e. The first kappa shape index (κ1) is 14.3. The van der Waals surface area contributed by atoms with E-state index >= 15 is 0 Å². The van der Waals surface area contributed by atoms with Gasteiger partial charge in [-0.05, 0) is 51.3 Å². The lowest BCUT2D eigenvalue weighted by atomic mass is 9.70. The molecular weight excluding hydrogens is 234 g/mol. The predicted octanol–water partition coefficient (Wildman–Crippen LogP) is 3.51. The minimum atomic E-state index is -0.284. The number of Topliss-reactive ketones (excluding diaryl/α,β-unsaturated/α-hetero) is 1. The number of ketones is 1. The van der Waals surface area contributed by atoms with E-state index in [0.29, 0.717) is 11.7 Å². The summed E-state index contributed by atoms with van der Waals surface area (Å²) in [5.74, 6) is 0.730. The van der Waals surface area contributed by atoms with Crippen molar-refractivity contribution in [2.75, 3.05) is 13.1 Å². The molecule has 2 heteroatoms. The van der Waals surface area contributed by atoms with Gasteiger partial charge in [-0.3, -0.25) is 4.79 Å². The van der Waals surface area contributed by atoms with Crippen LogP contribution in [0.4, 0.5) is 0 Å². The quantitative estimate of drug-likeness (QED) is 0.842. The Bertz CT molecular complexity index is 470. The SMILES string of the molecule is Cc1ccc(C(=O)C(C)(C)C2CCCNC2)c(C)c1. The molecule has 2 nitrogen and oxygen atoms in total. The summed E-state index contributed by atoms with van der Waals surface area (Å²) in [6.45, 7) is 10.4. The molecule has 2 rings (SSSR count). The van der Waals surface area contributed by atoms with Crippen LogP contribution < -0.4 is 5.32 Å². The Morgan fingerprint density at radius 1 is 1.32 bits per heavy atom. The summed E-state index contributed by atoms with van der Waals surface area (Å²) in [6.07, 6.45) is 2.32. The van der Waals surface area contributed by atoms with Crippen molar-refractivity contribution >= 4 is 5.78 Å². The molecule has 1 aromatic carbocycles. The van der Waals surface area contributed by atoms with Crippen LogP contribution in [-0.2, 0) is 0 Å². The second-order valence-corrected chi connectivity index (χ2v) is 6.41. The Hall–Kier alpha value is -1.15. The predicted molar refractivity (Wildman–Crippen MR) is 79.6 cm³/mol. The number of hydrogen-bond acceptors (Lipinski definition) is 2. The van der Waals surface area contributed by atoms with Crippen molar-refractivity contribution in [3.05, 3.63) is 34.9 Å². The highest BCUT2D eigenvalue weighted by atomic mass is 16.1. The maximum Gasteiger partial charge on any atom is 0.169 e. The fourth-order valence-corrected chi connectivity index (χ4v) is 3.07. The monoisotopic (exact) mass is 259 g/mol. The number of hydrogen-bond donors (Lipinski definition) is 1. The molecule has 0 bridgehead atoms. The molecule has 1 atom stereocenters. The maximum absolute atomic E-state index is 12.9. The molecule has 0 saturated carbocycles. The molecule has 0 amide bonds. The third-order valence-electron chi connectivity index (χ3n) is 4.53. The highest BCUT2D eigenvalue weighted by Gasteiger charge is 2.38. The molecule has 19 heavy (non-hydrogen) atoms. The maximum atomic E-state index is 12.9. The molecule has 1 fully saturated rings. The zero-order valence-corrected chi connectivity index (χ0v) is 12.5. The highest BCUT2D eigenvalue weighted by molar-refractivity contribution is 6.01. The van der Waals surface area contributed by atoms with Crippen molar-refractivity contribution in [2.45, 2.75) is 40.5 Å². The van der Waals surface area contributed by atoms with E-state index in [1.165, 1.54) is 12.0 Å². The van der Waals surface area contributed by atoms with Gasteiger partial charge < -0.3 is 5.32 Å². The van der Waals surface area contributed by atoms with E-state index in [2.05, 4.69) is 32.2 Å². The minimum absolute atomic E-state index is 0.284. The van der Waals surface area contributed by atoms with Crippen molar-refractivity contribution in [1.29, 1.82) is 0 Å². The van der Waals surface area contributed by atoms with E-state index in [4.69, 9.17) is 0 Å². The normalized spacial score (nSPS) is 20.3. The van der Waals surface area contributed by atoms with Gasteiger partial charge >= 0.3 is 0 Å². The van der Waals surface area contributed by atoms with Gasteiger partial charge in [0.2, 0.25) is 0 Å². The fraction of sp³-hybridized carbons (Fsp3) is 0.588. The van der Waals surface area contributed by atoms with E-state index in [-0.39, 0.29) is 5.41 Å². The van der Waals surface area contributed by atoms with Gasteiger partial charge in [0.25, 0.3) is 0 Å². The first-order chi connectivity index (χ1) is 8.93. The summed E-state index contributed by atoms with van der Waals surface area (Å²) in [6, 6.07) is 6.13. The number of carbonyl (C=O) groups excluding carboxylic acids is 1. The third kappa shape index (κ3) is 2.89. The van der Waals surface area contributed by atoms with Crippen molar-refractivity contribution in [3.8, 4) is 0 Å². The molecule has 1 aromatic rings. The van der Waals surface area contributed by atoms with Gasteiger partial charge in [-0.25, -0.2) is 0 Å². The van der Waals surface area contributed by atoms with Crippen LogP contribution in [-0.4, -0.2) is 18.9 Å². The van der Waals surface area contributed by atoms with Gasteiger partial charge in [-0.15, -0.1) is 0 Å². The van der Waals surface area contributed by atoms with Gasteiger partial charge in [0, 0.05) is 11.0 Å². The number of benzene rings is 1. The lowest BCUT2D eigenvalue weighted by Crippen LogP contribution is -2.42. The van der Waals surface area contributed by atoms with E-state index < -0.39 is 0 Å². The van der Waals surface area contributed by atoms with Gasteiger partial charge in [-0.2, -0.15) is 0 Å².